The lowest BCUT2D eigenvalue weighted by molar-refractivity contribution is 0.0658. The second kappa shape index (κ2) is 5.78. The van der Waals surface area contributed by atoms with Crippen LogP contribution in [-0.2, 0) is 12.8 Å². The van der Waals surface area contributed by atoms with Crippen LogP contribution in [0.5, 0.6) is 0 Å². The lowest BCUT2D eigenvalue weighted by Gasteiger charge is -2.47. The van der Waals surface area contributed by atoms with E-state index in [1.165, 1.54) is 47.7 Å². The molecule has 20 heavy (non-hydrogen) atoms. The van der Waals surface area contributed by atoms with Crippen molar-refractivity contribution in [3.05, 3.63) is 33.8 Å². The van der Waals surface area contributed by atoms with E-state index in [-0.39, 0.29) is 5.54 Å². The van der Waals surface area contributed by atoms with Crippen LogP contribution < -0.4 is 5.73 Å². The Bertz CT molecular complexity index is 482. The monoisotopic (exact) mass is 336 g/mol. The van der Waals surface area contributed by atoms with Crippen LogP contribution >= 0.6 is 15.9 Å². The van der Waals surface area contributed by atoms with Gasteiger partial charge in [0, 0.05) is 22.6 Å². The maximum Gasteiger partial charge on any atom is 0.0375 e. The SMILES string of the molecule is CN(C1CCCC1)C1(CN)CCc2cc(Br)ccc2C1. The Morgan fingerprint density at radius 3 is 2.75 bits per heavy atom. The van der Waals surface area contributed by atoms with Crippen molar-refractivity contribution in [2.24, 2.45) is 5.73 Å². The first-order chi connectivity index (χ1) is 9.64. The van der Waals surface area contributed by atoms with E-state index in [2.05, 4.69) is 46.1 Å². The predicted molar refractivity (Wildman–Crippen MR) is 88.0 cm³/mol. The number of fused-ring (bicyclic) bond motifs is 1. The third kappa shape index (κ3) is 2.56. The first-order valence-corrected chi connectivity index (χ1v) is 8.64. The van der Waals surface area contributed by atoms with Gasteiger partial charge in [-0.1, -0.05) is 34.8 Å². The van der Waals surface area contributed by atoms with Gasteiger partial charge in [-0.05, 0) is 62.4 Å². The van der Waals surface area contributed by atoms with Crippen LogP contribution in [0.2, 0.25) is 0 Å². The fourth-order valence-corrected chi connectivity index (χ4v) is 4.52. The van der Waals surface area contributed by atoms with Gasteiger partial charge in [-0.15, -0.1) is 0 Å². The van der Waals surface area contributed by atoms with Gasteiger partial charge in [0.25, 0.3) is 0 Å². The number of hydrogen-bond donors (Lipinski definition) is 1. The molecule has 0 spiro atoms. The van der Waals surface area contributed by atoms with E-state index >= 15 is 0 Å². The molecule has 3 rings (SSSR count). The first kappa shape index (κ1) is 14.6. The number of rotatable bonds is 3. The van der Waals surface area contributed by atoms with Crippen LogP contribution in [0, 0.1) is 0 Å². The van der Waals surface area contributed by atoms with E-state index < -0.39 is 0 Å². The van der Waals surface area contributed by atoms with Crippen molar-refractivity contribution >= 4 is 15.9 Å². The summed E-state index contributed by atoms with van der Waals surface area (Å²) in [6.07, 6.45) is 8.94. The van der Waals surface area contributed by atoms with Gasteiger partial charge in [0.2, 0.25) is 0 Å². The molecule has 0 saturated heterocycles. The zero-order valence-corrected chi connectivity index (χ0v) is 14.0. The largest absolute Gasteiger partial charge is 0.329 e. The maximum absolute atomic E-state index is 6.24. The molecule has 1 aromatic carbocycles. The molecule has 2 aliphatic carbocycles. The Morgan fingerprint density at radius 1 is 1.30 bits per heavy atom. The van der Waals surface area contributed by atoms with Gasteiger partial charge in [-0.25, -0.2) is 0 Å². The highest BCUT2D eigenvalue weighted by molar-refractivity contribution is 9.10. The molecular formula is C17H25BrN2. The zero-order chi connectivity index (χ0) is 14.2. The summed E-state index contributed by atoms with van der Waals surface area (Å²) in [6, 6.07) is 7.48. The summed E-state index contributed by atoms with van der Waals surface area (Å²) in [5.41, 5.74) is 9.42. The minimum atomic E-state index is 0.176. The van der Waals surface area contributed by atoms with Crippen molar-refractivity contribution < 1.29 is 0 Å². The molecular weight excluding hydrogens is 312 g/mol. The molecule has 2 N–H and O–H groups in total. The van der Waals surface area contributed by atoms with Crippen molar-refractivity contribution in [1.29, 1.82) is 0 Å². The van der Waals surface area contributed by atoms with Crippen LogP contribution in [0.3, 0.4) is 0 Å². The highest BCUT2D eigenvalue weighted by Gasteiger charge is 2.40. The molecule has 3 heteroatoms. The van der Waals surface area contributed by atoms with Crippen LogP contribution in [0.15, 0.2) is 22.7 Å². The van der Waals surface area contributed by atoms with Crippen molar-refractivity contribution in [2.45, 2.75) is 56.5 Å². The average Bonchev–Trinajstić information content (AvgIpc) is 3.00. The fraction of sp³-hybridized carbons (Fsp3) is 0.647. The summed E-state index contributed by atoms with van der Waals surface area (Å²) in [4.78, 5) is 2.63. The van der Waals surface area contributed by atoms with Gasteiger partial charge >= 0.3 is 0 Å². The molecule has 0 aromatic heterocycles. The molecule has 1 saturated carbocycles. The second-order valence-electron chi connectivity index (χ2n) is 6.57. The topological polar surface area (TPSA) is 29.3 Å². The Balaban J connectivity index is 1.85. The predicted octanol–water partition coefficient (Wildman–Crippen LogP) is 3.51. The Kier molecular flexibility index (Phi) is 4.21. The first-order valence-electron chi connectivity index (χ1n) is 7.85. The van der Waals surface area contributed by atoms with Gasteiger partial charge in [0.05, 0.1) is 0 Å². The standard InChI is InChI=1S/C17H25BrN2/c1-20(16-4-2-3-5-16)17(12-19)9-8-13-10-15(18)7-6-14(13)11-17/h6-7,10,16H,2-5,8-9,11-12,19H2,1H3. The van der Waals surface area contributed by atoms with E-state index in [1.54, 1.807) is 0 Å². The summed E-state index contributed by atoms with van der Waals surface area (Å²) in [5, 5.41) is 0. The highest BCUT2D eigenvalue weighted by Crippen LogP contribution is 2.37. The van der Waals surface area contributed by atoms with Gasteiger partial charge in [-0.2, -0.15) is 0 Å². The second-order valence-corrected chi connectivity index (χ2v) is 7.48. The molecule has 1 aromatic rings. The Morgan fingerprint density at radius 2 is 2.05 bits per heavy atom. The summed E-state index contributed by atoms with van der Waals surface area (Å²) in [7, 11) is 2.31. The lowest BCUT2D eigenvalue weighted by Crippen LogP contribution is -2.58. The number of nitrogens with two attached hydrogens (primary N) is 1. The van der Waals surface area contributed by atoms with Crippen molar-refractivity contribution in [3.8, 4) is 0 Å². The summed E-state index contributed by atoms with van der Waals surface area (Å²) >= 11 is 3.58. The van der Waals surface area contributed by atoms with E-state index in [1.807, 2.05) is 0 Å². The van der Waals surface area contributed by atoms with Gasteiger partial charge in [-0.3, -0.25) is 4.90 Å². The molecule has 0 heterocycles. The van der Waals surface area contributed by atoms with Crippen molar-refractivity contribution in [3.63, 3.8) is 0 Å². The number of likely N-dealkylation sites (N-methyl/N-ethyl adjacent to an activating group) is 1. The van der Waals surface area contributed by atoms with E-state index in [0.717, 1.165) is 25.4 Å². The molecule has 0 aliphatic heterocycles. The highest BCUT2D eigenvalue weighted by atomic mass is 79.9. The van der Waals surface area contributed by atoms with Crippen LogP contribution in [0.4, 0.5) is 0 Å². The van der Waals surface area contributed by atoms with Crippen LogP contribution in [0.25, 0.3) is 0 Å². The lowest BCUT2D eigenvalue weighted by atomic mass is 9.76. The average molecular weight is 337 g/mol. The van der Waals surface area contributed by atoms with E-state index in [0.29, 0.717) is 0 Å². The van der Waals surface area contributed by atoms with E-state index in [9.17, 15) is 0 Å². The molecule has 0 radical (unpaired) electrons. The summed E-state index contributed by atoms with van der Waals surface area (Å²) in [5.74, 6) is 0. The maximum atomic E-state index is 6.24. The molecule has 1 unspecified atom stereocenters. The summed E-state index contributed by atoms with van der Waals surface area (Å²) < 4.78 is 1.20. The minimum Gasteiger partial charge on any atom is -0.329 e. The third-order valence-corrected chi connectivity index (χ3v) is 6.04. The number of hydrogen-bond acceptors (Lipinski definition) is 2. The number of nitrogens with zero attached hydrogens (tertiary/aromatic N) is 1. The molecule has 1 fully saturated rings. The number of halogens is 1. The normalized spacial score (nSPS) is 27.0. The quantitative estimate of drug-likeness (QED) is 0.915. The zero-order valence-electron chi connectivity index (χ0n) is 12.4. The van der Waals surface area contributed by atoms with Gasteiger partial charge < -0.3 is 5.73 Å². The molecule has 0 amide bonds. The smallest absolute Gasteiger partial charge is 0.0375 e. The van der Waals surface area contributed by atoms with Gasteiger partial charge in [0.1, 0.15) is 0 Å². The third-order valence-electron chi connectivity index (χ3n) is 5.55. The number of benzene rings is 1. The Hall–Kier alpha value is -0.380. The van der Waals surface area contributed by atoms with Gasteiger partial charge in [0.15, 0.2) is 0 Å². The minimum absolute atomic E-state index is 0.176. The molecule has 110 valence electrons. The molecule has 2 nitrogen and oxygen atoms in total. The van der Waals surface area contributed by atoms with Crippen molar-refractivity contribution in [1.82, 2.24) is 4.90 Å². The Labute approximate surface area is 130 Å². The van der Waals surface area contributed by atoms with E-state index in [4.69, 9.17) is 5.73 Å². The van der Waals surface area contributed by atoms with Crippen LogP contribution in [-0.4, -0.2) is 30.1 Å². The number of aryl methyl sites for hydroxylation is 1. The van der Waals surface area contributed by atoms with Crippen LogP contribution in [0.1, 0.15) is 43.2 Å². The van der Waals surface area contributed by atoms with Crippen molar-refractivity contribution in [2.75, 3.05) is 13.6 Å². The fourth-order valence-electron chi connectivity index (χ4n) is 4.11. The molecule has 1 atom stereocenters. The molecule has 2 aliphatic rings. The molecule has 0 bridgehead atoms. The summed E-state index contributed by atoms with van der Waals surface area (Å²) in [6.45, 7) is 0.773.